The van der Waals surface area contributed by atoms with Gasteiger partial charge in [-0.3, -0.25) is 14.3 Å². The third-order valence-corrected chi connectivity index (χ3v) is 4.48. The van der Waals surface area contributed by atoms with E-state index in [4.69, 9.17) is 11.6 Å². The van der Waals surface area contributed by atoms with Crippen molar-refractivity contribution in [2.45, 2.75) is 33.2 Å². The number of hydrogen-bond donors (Lipinski definition) is 1. The van der Waals surface area contributed by atoms with Crippen molar-refractivity contribution in [1.82, 2.24) is 9.55 Å². The second-order valence-electron chi connectivity index (χ2n) is 6.14. The number of rotatable bonds is 3. The number of nitrogens with zero attached hydrogens (tertiary/aromatic N) is 1. The van der Waals surface area contributed by atoms with E-state index in [0.29, 0.717) is 12.1 Å². The summed E-state index contributed by atoms with van der Waals surface area (Å²) in [4.78, 5) is 27.4. The largest absolute Gasteiger partial charge is 0.329 e. The lowest BCUT2D eigenvalue weighted by Crippen LogP contribution is -2.38. The van der Waals surface area contributed by atoms with Crippen molar-refractivity contribution in [2.75, 3.05) is 0 Å². The summed E-state index contributed by atoms with van der Waals surface area (Å²) in [6, 6.07) is 7.53. The monoisotopic (exact) mass is 304 g/mol. The van der Waals surface area contributed by atoms with Crippen LogP contribution >= 0.6 is 11.6 Å². The van der Waals surface area contributed by atoms with Crippen LogP contribution in [0.15, 0.2) is 33.9 Å². The van der Waals surface area contributed by atoms with Crippen molar-refractivity contribution in [2.24, 2.45) is 5.41 Å². The van der Waals surface area contributed by atoms with Gasteiger partial charge in [-0.05, 0) is 36.3 Å². The van der Waals surface area contributed by atoms with E-state index in [0.717, 1.165) is 24.0 Å². The Morgan fingerprint density at radius 1 is 1.29 bits per heavy atom. The first-order valence-electron chi connectivity index (χ1n) is 7.00. The summed E-state index contributed by atoms with van der Waals surface area (Å²) >= 11 is 6.13. The lowest BCUT2D eigenvalue weighted by atomic mass is 10.0. The topological polar surface area (TPSA) is 54.9 Å². The molecule has 1 aromatic heterocycles. The molecule has 1 aliphatic rings. The van der Waals surface area contributed by atoms with Gasteiger partial charge in [0, 0.05) is 6.54 Å². The predicted molar refractivity (Wildman–Crippen MR) is 83.8 cm³/mol. The first-order chi connectivity index (χ1) is 9.91. The van der Waals surface area contributed by atoms with Crippen LogP contribution in [0.25, 0.3) is 11.1 Å². The van der Waals surface area contributed by atoms with Crippen LogP contribution in [0.2, 0.25) is 5.15 Å². The van der Waals surface area contributed by atoms with Gasteiger partial charge in [0.15, 0.2) is 0 Å². The van der Waals surface area contributed by atoms with Crippen LogP contribution in [-0.4, -0.2) is 9.55 Å². The fourth-order valence-corrected chi connectivity index (χ4v) is 2.79. The standard InChI is InChI=1S/C16H17ClN2O2/c1-10-5-3-4-6-11(10)12-13(17)18-15(21)19(14(12)20)9-16(2)7-8-16/h3-6H,7-9H2,1-2H3,(H,18,21). The highest BCUT2D eigenvalue weighted by Gasteiger charge is 2.38. The molecule has 3 rings (SSSR count). The van der Waals surface area contributed by atoms with E-state index in [9.17, 15) is 9.59 Å². The van der Waals surface area contributed by atoms with E-state index < -0.39 is 5.69 Å². The lowest BCUT2D eigenvalue weighted by Gasteiger charge is -2.13. The van der Waals surface area contributed by atoms with Crippen LogP contribution in [0, 0.1) is 12.3 Å². The van der Waals surface area contributed by atoms with Gasteiger partial charge in [0.1, 0.15) is 5.15 Å². The van der Waals surface area contributed by atoms with Crippen molar-refractivity contribution in [3.05, 3.63) is 55.8 Å². The highest BCUT2D eigenvalue weighted by molar-refractivity contribution is 6.32. The fraction of sp³-hybridized carbons (Fsp3) is 0.375. The number of benzene rings is 1. The lowest BCUT2D eigenvalue weighted by molar-refractivity contribution is 0.441. The van der Waals surface area contributed by atoms with E-state index in [1.165, 1.54) is 4.57 Å². The summed E-state index contributed by atoms with van der Waals surface area (Å²) < 4.78 is 1.28. The molecule has 21 heavy (non-hydrogen) atoms. The van der Waals surface area contributed by atoms with Gasteiger partial charge in [0.25, 0.3) is 5.56 Å². The van der Waals surface area contributed by atoms with Gasteiger partial charge >= 0.3 is 5.69 Å². The van der Waals surface area contributed by atoms with Gasteiger partial charge in [-0.1, -0.05) is 42.8 Å². The molecule has 0 saturated heterocycles. The summed E-state index contributed by atoms with van der Waals surface area (Å²) in [6.45, 7) is 4.45. The van der Waals surface area contributed by atoms with Gasteiger partial charge in [-0.2, -0.15) is 0 Å². The molecule has 1 N–H and O–H groups in total. The molecule has 0 spiro atoms. The minimum Gasteiger partial charge on any atom is -0.297 e. The van der Waals surface area contributed by atoms with Crippen molar-refractivity contribution in [1.29, 1.82) is 0 Å². The maximum Gasteiger partial charge on any atom is 0.329 e. The van der Waals surface area contributed by atoms with Crippen molar-refractivity contribution >= 4 is 11.6 Å². The van der Waals surface area contributed by atoms with Crippen LogP contribution in [0.5, 0.6) is 0 Å². The summed E-state index contributed by atoms with van der Waals surface area (Å²) in [5, 5.41) is 0.108. The number of halogens is 1. The fourth-order valence-electron chi connectivity index (χ4n) is 2.53. The molecule has 0 amide bonds. The third kappa shape index (κ3) is 2.56. The average molecular weight is 305 g/mol. The van der Waals surface area contributed by atoms with E-state index in [1.807, 2.05) is 31.2 Å². The van der Waals surface area contributed by atoms with Gasteiger partial charge in [-0.25, -0.2) is 4.79 Å². The minimum atomic E-state index is -0.435. The Bertz CT molecular complexity index is 816. The predicted octanol–water partition coefficient (Wildman–Crippen LogP) is 2.97. The Morgan fingerprint density at radius 3 is 2.57 bits per heavy atom. The molecule has 5 heteroatoms. The molecule has 0 aliphatic heterocycles. The molecule has 4 nitrogen and oxygen atoms in total. The molecule has 2 aromatic rings. The molecule has 0 atom stereocenters. The van der Waals surface area contributed by atoms with Crippen LogP contribution in [0.1, 0.15) is 25.3 Å². The Kier molecular flexibility index (Phi) is 3.29. The van der Waals surface area contributed by atoms with Crippen molar-refractivity contribution < 1.29 is 0 Å². The summed E-state index contributed by atoms with van der Waals surface area (Å²) in [7, 11) is 0. The van der Waals surface area contributed by atoms with E-state index in [2.05, 4.69) is 11.9 Å². The molecule has 0 unspecified atom stereocenters. The number of aromatic amines is 1. The molecule has 1 aliphatic carbocycles. The summed E-state index contributed by atoms with van der Waals surface area (Å²) in [5.41, 5.74) is 1.40. The molecule has 0 bridgehead atoms. The molecular formula is C16H17ClN2O2. The smallest absolute Gasteiger partial charge is 0.297 e. The Labute approximate surface area is 127 Å². The van der Waals surface area contributed by atoms with Gasteiger partial charge < -0.3 is 0 Å². The van der Waals surface area contributed by atoms with Gasteiger partial charge in [0.05, 0.1) is 5.56 Å². The second-order valence-corrected chi connectivity index (χ2v) is 6.51. The zero-order chi connectivity index (χ0) is 15.2. The molecule has 1 heterocycles. The first kappa shape index (κ1) is 14.1. The SMILES string of the molecule is Cc1ccccc1-c1c(Cl)[nH]c(=O)n(CC2(C)CC2)c1=O. The van der Waals surface area contributed by atoms with Crippen LogP contribution in [-0.2, 0) is 6.54 Å². The van der Waals surface area contributed by atoms with Crippen molar-refractivity contribution in [3.63, 3.8) is 0 Å². The third-order valence-electron chi connectivity index (χ3n) is 4.20. The number of aromatic nitrogens is 2. The second kappa shape index (κ2) is 4.88. The highest BCUT2D eigenvalue weighted by Crippen LogP contribution is 2.45. The van der Waals surface area contributed by atoms with E-state index in [1.54, 1.807) is 0 Å². The van der Waals surface area contributed by atoms with Crippen LogP contribution in [0.4, 0.5) is 0 Å². The van der Waals surface area contributed by atoms with Crippen molar-refractivity contribution in [3.8, 4) is 11.1 Å². The van der Waals surface area contributed by atoms with Gasteiger partial charge in [-0.15, -0.1) is 0 Å². The Hall–Kier alpha value is -1.81. The molecule has 1 aromatic carbocycles. The van der Waals surface area contributed by atoms with E-state index in [-0.39, 0.29) is 16.1 Å². The quantitative estimate of drug-likeness (QED) is 0.886. The Morgan fingerprint density at radius 2 is 1.95 bits per heavy atom. The number of aryl methyl sites for hydroxylation is 1. The molecule has 110 valence electrons. The zero-order valence-corrected chi connectivity index (χ0v) is 12.8. The number of H-pyrrole nitrogens is 1. The van der Waals surface area contributed by atoms with Crippen LogP contribution in [0.3, 0.4) is 0 Å². The number of nitrogens with one attached hydrogen (secondary N) is 1. The number of hydrogen-bond acceptors (Lipinski definition) is 2. The molecule has 0 radical (unpaired) electrons. The first-order valence-corrected chi connectivity index (χ1v) is 7.38. The highest BCUT2D eigenvalue weighted by atomic mass is 35.5. The van der Waals surface area contributed by atoms with Gasteiger partial charge in [0.2, 0.25) is 0 Å². The summed E-state index contributed by atoms with van der Waals surface area (Å²) in [5.74, 6) is 0. The molecule has 1 saturated carbocycles. The Balaban J connectivity index is 2.22. The maximum atomic E-state index is 12.7. The minimum absolute atomic E-state index is 0.0632. The van der Waals surface area contributed by atoms with Crippen LogP contribution < -0.4 is 11.2 Å². The zero-order valence-electron chi connectivity index (χ0n) is 12.1. The average Bonchev–Trinajstić information content (AvgIpc) is 3.15. The summed E-state index contributed by atoms with van der Waals surface area (Å²) in [6.07, 6.45) is 2.09. The molecular weight excluding hydrogens is 288 g/mol. The maximum absolute atomic E-state index is 12.7. The molecule has 1 fully saturated rings. The van der Waals surface area contributed by atoms with E-state index >= 15 is 0 Å². The normalized spacial score (nSPS) is 16.0.